The summed E-state index contributed by atoms with van der Waals surface area (Å²) in [5.41, 5.74) is 1.09. The van der Waals surface area contributed by atoms with Gasteiger partial charge in [-0.25, -0.2) is 8.96 Å². The molecule has 0 radical (unpaired) electrons. The predicted octanol–water partition coefficient (Wildman–Crippen LogP) is 9.97. The van der Waals surface area contributed by atoms with Crippen molar-refractivity contribution in [1.82, 2.24) is 5.32 Å². The summed E-state index contributed by atoms with van der Waals surface area (Å²) in [5.74, 6) is -0.0953. The molecule has 0 aliphatic heterocycles. The van der Waals surface area contributed by atoms with Crippen LogP contribution < -0.4 is 9.84 Å². The molecule has 0 saturated heterocycles. The van der Waals surface area contributed by atoms with E-state index in [1.807, 2.05) is 0 Å². The molecule has 0 spiro atoms. The molecule has 228 valence electrons. The summed E-state index contributed by atoms with van der Waals surface area (Å²) in [7, 11) is -4.68. The number of alkyl halides is 1. The minimum Gasteiger partial charge on any atom is -0.404 e. The van der Waals surface area contributed by atoms with Gasteiger partial charge in [0.25, 0.3) is 0 Å². The number of benzene rings is 1. The predicted molar refractivity (Wildman–Crippen MR) is 163 cm³/mol. The van der Waals surface area contributed by atoms with Gasteiger partial charge in [0.15, 0.2) is 0 Å². The van der Waals surface area contributed by atoms with E-state index in [1.54, 1.807) is 12.1 Å². The van der Waals surface area contributed by atoms with Crippen LogP contribution in [0.4, 0.5) is 4.39 Å². The fourth-order valence-electron chi connectivity index (χ4n) is 5.15. The highest BCUT2D eigenvalue weighted by molar-refractivity contribution is 7.46. The summed E-state index contributed by atoms with van der Waals surface area (Å²) < 4.78 is 28.7. The highest BCUT2D eigenvalue weighted by atomic mass is 31.2. The van der Waals surface area contributed by atoms with Crippen LogP contribution in [0.3, 0.4) is 0 Å². The SMILES string of the molecule is CCCCCCCCCCCCCCCCCCCCCCCNCCc1ccc(OP(=O)(O)O)c(CF)c1. The summed E-state index contributed by atoms with van der Waals surface area (Å²) in [6.07, 6.45) is 30.0. The minimum atomic E-state index is -4.68. The second-order valence-corrected chi connectivity index (χ2v) is 12.4. The van der Waals surface area contributed by atoms with Gasteiger partial charge in [0, 0.05) is 5.56 Å². The third kappa shape index (κ3) is 22.4. The van der Waals surface area contributed by atoms with E-state index in [4.69, 9.17) is 9.79 Å². The Morgan fingerprint density at radius 2 is 1.13 bits per heavy atom. The normalized spacial score (nSPS) is 11.8. The van der Waals surface area contributed by atoms with Gasteiger partial charge >= 0.3 is 7.82 Å². The third-order valence-electron chi connectivity index (χ3n) is 7.53. The standard InChI is InChI=1S/C32H59FNO4P/c1-2-3-4-5-6-7-8-9-10-11-12-13-14-15-16-17-18-19-20-21-22-26-34-27-25-30-23-24-32(31(28-30)29-33)38-39(35,36)37/h23-24,28,34H,2-22,25-27,29H2,1H3,(H2,35,36,37). The van der Waals surface area contributed by atoms with Gasteiger partial charge in [-0.3, -0.25) is 9.79 Å². The van der Waals surface area contributed by atoms with Crippen LogP contribution in [0, 0.1) is 0 Å². The first-order valence-corrected chi connectivity index (χ1v) is 17.6. The van der Waals surface area contributed by atoms with Gasteiger partial charge in [-0.15, -0.1) is 0 Å². The van der Waals surface area contributed by atoms with Crippen LogP contribution in [-0.2, 0) is 17.7 Å². The number of phosphoric ester groups is 1. The van der Waals surface area contributed by atoms with Crippen LogP contribution in [-0.4, -0.2) is 22.9 Å². The van der Waals surface area contributed by atoms with Crippen LogP contribution in [0.2, 0.25) is 0 Å². The van der Waals surface area contributed by atoms with Gasteiger partial charge in [0.05, 0.1) is 0 Å². The molecular formula is C32H59FNO4P. The lowest BCUT2D eigenvalue weighted by atomic mass is 10.0. The Kier molecular flexibility index (Phi) is 23.0. The van der Waals surface area contributed by atoms with Crippen molar-refractivity contribution in [2.45, 2.75) is 155 Å². The Labute approximate surface area is 239 Å². The second kappa shape index (κ2) is 24.8. The van der Waals surface area contributed by atoms with E-state index >= 15 is 0 Å². The highest BCUT2D eigenvalue weighted by Crippen LogP contribution is 2.39. The number of unbranched alkanes of at least 4 members (excludes halogenated alkanes) is 20. The van der Waals surface area contributed by atoms with Gasteiger partial charge < -0.3 is 9.84 Å². The summed E-state index contributed by atoms with van der Waals surface area (Å²) in [4.78, 5) is 17.8. The van der Waals surface area contributed by atoms with Crippen LogP contribution >= 0.6 is 7.82 Å². The van der Waals surface area contributed by atoms with E-state index in [9.17, 15) is 8.96 Å². The van der Waals surface area contributed by atoms with E-state index in [2.05, 4.69) is 16.8 Å². The molecule has 0 aliphatic carbocycles. The molecule has 0 aromatic heterocycles. The summed E-state index contributed by atoms with van der Waals surface area (Å²) in [6.45, 7) is 3.24. The maximum atomic E-state index is 13.2. The van der Waals surface area contributed by atoms with Crippen molar-refractivity contribution in [1.29, 1.82) is 0 Å². The molecule has 0 amide bonds. The molecule has 1 aromatic carbocycles. The molecule has 0 fully saturated rings. The van der Waals surface area contributed by atoms with Crippen LogP contribution in [0.15, 0.2) is 18.2 Å². The van der Waals surface area contributed by atoms with Crippen molar-refractivity contribution >= 4 is 7.82 Å². The molecule has 0 atom stereocenters. The lowest BCUT2D eigenvalue weighted by Crippen LogP contribution is -2.18. The zero-order chi connectivity index (χ0) is 28.4. The van der Waals surface area contributed by atoms with Crippen LogP contribution in [0.25, 0.3) is 0 Å². The Morgan fingerprint density at radius 3 is 1.54 bits per heavy atom. The van der Waals surface area contributed by atoms with Crippen molar-refractivity contribution in [2.24, 2.45) is 0 Å². The molecule has 0 heterocycles. The maximum Gasteiger partial charge on any atom is 0.524 e. The van der Waals surface area contributed by atoms with Crippen molar-refractivity contribution < 1.29 is 23.3 Å². The Balaban J connectivity index is 1.83. The monoisotopic (exact) mass is 571 g/mol. The zero-order valence-corrected chi connectivity index (χ0v) is 25.8. The molecule has 39 heavy (non-hydrogen) atoms. The first-order chi connectivity index (χ1) is 19.0. The first-order valence-electron chi connectivity index (χ1n) is 16.1. The van der Waals surface area contributed by atoms with E-state index in [1.165, 1.54) is 141 Å². The van der Waals surface area contributed by atoms with Crippen molar-refractivity contribution in [3.63, 3.8) is 0 Å². The smallest absolute Gasteiger partial charge is 0.404 e. The molecule has 1 aromatic rings. The summed E-state index contributed by atoms with van der Waals surface area (Å²) in [6, 6.07) is 4.78. The summed E-state index contributed by atoms with van der Waals surface area (Å²) >= 11 is 0. The molecular weight excluding hydrogens is 512 g/mol. The maximum absolute atomic E-state index is 13.2. The zero-order valence-electron chi connectivity index (χ0n) is 24.9. The average molecular weight is 572 g/mol. The minimum absolute atomic E-state index is 0.0953. The lowest BCUT2D eigenvalue weighted by molar-refractivity contribution is 0.281. The second-order valence-electron chi connectivity index (χ2n) is 11.2. The molecule has 5 nitrogen and oxygen atoms in total. The van der Waals surface area contributed by atoms with Gasteiger partial charge in [-0.2, -0.15) is 0 Å². The third-order valence-corrected chi connectivity index (χ3v) is 7.97. The van der Waals surface area contributed by atoms with Crippen molar-refractivity contribution in [3.8, 4) is 5.75 Å². The van der Waals surface area contributed by atoms with E-state index in [0.29, 0.717) is 0 Å². The number of phosphoric acid groups is 1. The molecule has 0 aliphatic rings. The molecule has 7 heteroatoms. The fraction of sp³-hybridized carbons (Fsp3) is 0.812. The number of halogens is 1. The van der Waals surface area contributed by atoms with Crippen LogP contribution in [0.1, 0.15) is 153 Å². The average Bonchev–Trinajstić information content (AvgIpc) is 2.91. The van der Waals surface area contributed by atoms with Crippen molar-refractivity contribution in [3.05, 3.63) is 29.3 Å². The van der Waals surface area contributed by atoms with Gasteiger partial charge in [-0.05, 0) is 43.6 Å². The highest BCUT2D eigenvalue weighted by Gasteiger charge is 2.18. The van der Waals surface area contributed by atoms with Gasteiger partial charge in [0.2, 0.25) is 0 Å². The van der Waals surface area contributed by atoms with Crippen molar-refractivity contribution in [2.75, 3.05) is 13.1 Å². The van der Waals surface area contributed by atoms with E-state index in [-0.39, 0.29) is 11.3 Å². The quantitative estimate of drug-likeness (QED) is 0.0689. The lowest BCUT2D eigenvalue weighted by Gasteiger charge is -2.12. The number of rotatable bonds is 28. The van der Waals surface area contributed by atoms with E-state index in [0.717, 1.165) is 25.1 Å². The number of hydrogen-bond acceptors (Lipinski definition) is 3. The Bertz CT molecular complexity index is 743. The van der Waals surface area contributed by atoms with Gasteiger partial charge in [-0.1, -0.05) is 141 Å². The molecule has 3 N–H and O–H groups in total. The van der Waals surface area contributed by atoms with Gasteiger partial charge in [0.1, 0.15) is 12.4 Å². The number of hydrogen-bond donors (Lipinski definition) is 3. The number of nitrogens with one attached hydrogen (secondary N) is 1. The summed E-state index contributed by atoms with van der Waals surface area (Å²) in [5, 5.41) is 3.44. The Morgan fingerprint density at radius 1 is 0.692 bits per heavy atom. The molecule has 0 saturated carbocycles. The fourth-order valence-corrected chi connectivity index (χ4v) is 5.58. The van der Waals surface area contributed by atoms with Crippen LogP contribution in [0.5, 0.6) is 5.75 Å². The first kappa shape index (κ1) is 36.1. The largest absolute Gasteiger partial charge is 0.524 e. The molecule has 0 unspecified atom stereocenters. The molecule has 1 rings (SSSR count). The Hall–Kier alpha value is -0.940. The topological polar surface area (TPSA) is 78.8 Å². The van der Waals surface area contributed by atoms with E-state index < -0.39 is 14.5 Å². The molecule has 0 bridgehead atoms.